The van der Waals surface area contributed by atoms with Crippen molar-refractivity contribution in [2.75, 3.05) is 33.4 Å². The molecule has 0 saturated carbocycles. The maximum atomic E-state index is 13.1. The molecule has 0 bridgehead atoms. The number of morpholine rings is 1. The minimum absolute atomic E-state index is 0.0302. The van der Waals surface area contributed by atoms with Gasteiger partial charge < -0.3 is 19.2 Å². The molecule has 8 nitrogen and oxygen atoms in total. The number of sulfonamides is 1. The van der Waals surface area contributed by atoms with E-state index >= 15 is 0 Å². The molecule has 1 fully saturated rings. The number of rotatable bonds is 9. The van der Waals surface area contributed by atoms with Crippen molar-refractivity contribution in [3.63, 3.8) is 0 Å². The summed E-state index contributed by atoms with van der Waals surface area (Å²) in [6.45, 7) is 3.25. The summed E-state index contributed by atoms with van der Waals surface area (Å²) in [7, 11) is -2.30. The van der Waals surface area contributed by atoms with Crippen molar-refractivity contribution in [1.29, 1.82) is 0 Å². The quantitative estimate of drug-likeness (QED) is 0.646. The Hall–Kier alpha value is -2.36. The van der Waals surface area contributed by atoms with Gasteiger partial charge in [-0.15, -0.1) is 0 Å². The molecule has 3 rings (SSSR count). The van der Waals surface area contributed by atoms with Gasteiger partial charge in [0.2, 0.25) is 15.9 Å². The second-order valence-corrected chi connectivity index (χ2v) is 9.17. The Morgan fingerprint density at radius 2 is 2.03 bits per heavy atom. The monoisotopic (exact) mass is 436 g/mol. The first-order chi connectivity index (χ1) is 14.4. The largest absolute Gasteiger partial charge is 0.495 e. The van der Waals surface area contributed by atoms with E-state index in [1.54, 1.807) is 18.4 Å². The molecule has 0 spiro atoms. The van der Waals surface area contributed by atoms with Crippen molar-refractivity contribution in [2.24, 2.45) is 0 Å². The number of carbonyl (C=O) groups excluding carboxylic acids is 1. The Morgan fingerprint density at radius 3 is 2.70 bits per heavy atom. The second kappa shape index (κ2) is 10.1. The Balaban J connectivity index is 1.65. The fourth-order valence-electron chi connectivity index (χ4n) is 3.36. The van der Waals surface area contributed by atoms with Gasteiger partial charge in [-0.3, -0.25) is 4.79 Å². The van der Waals surface area contributed by atoms with Crippen molar-refractivity contribution in [1.82, 2.24) is 9.62 Å². The molecule has 1 unspecified atom stereocenters. The highest BCUT2D eigenvalue weighted by Crippen LogP contribution is 2.28. The zero-order valence-corrected chi connectivity index (χ0v) is 18.1. The Kier molecular flexibility index (Phi) is 7.52. The summed E-state index contributed by atoms with van der Waals surface area (Å²) < 4.78 is 43.3. The molecule has 164 valence electrons. The van der Waals surface area contributed by atoms with Crippen LogP contribution in [0.2, 0.25) is 0 Å². The summed E-state index contributed by atoms with van der Waals surface area (Å²) in [4.78, 5) is 12.5. The van der Waals surface area contributed by atoms with Crippen molar-refractivity contribution in [3.8, 4) is 5.75 Å². The standard InChI is InChI=1S/C21H28N2O6S/c1-16(5-7-18-4-3-11-29-18)22-21(24)15-17-6-8-19(27-2)20(14-17)30(25,26)23-9-12-28-13-10-23/h3-4,6,8,11,14,16H,5,7,9-10,12-13,15H2,1-2H3,(H,22,24). The number of ether oxygens (including phenoxy) is 2. The predicted octanol–water partition coefficient (Wildman–Crippen LogP) is 1.99. The lowest BCUT2D eigenvalue weighted by molar-refractivity contribution is -0.121. The molecule has 1 amide bonds. The Bertz CT molecular complexity index is 936. The van der Waals surface area contributed by atoms with Gasteiger partial charge in [0.1, 0.15) is 16.4 Å². The lowest BCUT2D eigenvalue weighted by Crippen LogP contribution is -2.40. The van der Waals surface area contributed by atoms with E-state index in [4.69, 9.17) is 13.9 Å². The molecule has 9 heteroatoms. The average Bonchev–Trinajstić information content (AvgIpc) is 3.26. The number of amides is 1. The van der Waals surface area contributed by atoms with Crippen LogP contribution in [0.25, 0.3) is 0 Å². The van der Waals surface area contributed by atoms with Crippen molar-refractivity contribution in [3.05, 3.63) is 47.9 Å². The Morgan fingerprint density at radius 1 is 1.27 bits per heavy atom. The molecule has 1 aromatic carbocycles. The number of aryl methyl sites for hydroxylation is 1. The van der Waals surface area contributed by atoms with Crippen LogP contribution in [0.3, 0.4) is 0 Å². The zero-order chi connectivity index (χ0) is 21.6. The summed E-state index contributed by atoms with van der Waals surface area (Å²) in [5.74, 6) is 0.975. The van der Waals surface area contributed by atoms with Crippen molar-refractivity contribution < 1.29 is 27.1 Å². The summed E-state index contributed by atoms with van der Waals surface area (Å²) in [5.41, 5.74) is 0.610. The first-order valence-electron chi connectivity index (χ1n) is 9.96. The molecule has 1 aliphatic rings. The molecular formula is C21H28N2O6S. The molecule has 0 aliphatic carbocycles. The molecule has 2 aromatic rings. The number of hydrogen-bond acceptors (Lipinski definition) is 6. The van der Waals surface area contributed by atoms with Crippen LogP contribution in [0, 0.1) is 0 Å². The number of hydrogen-bond donors (Lipinski definition) is 1. The summed E-state index contributed by atoms with van der Waals surface area (Å²) in [6, 6.07) is 8.54. The van der Waals surface area contributed by atoms with E-state index in [0.717, 1.165) is 18.6 Å². The minimum Gasteiger partial charge on any atom is -0.495 e. The topological polar surface area (TPSA) is 98.1 Å². The minimum atomic E-state index is -3.73. The maximum absolute atomic E-state index is 13.1. The van der Waals surface area contributed by atoms with Gasteiger partial charge in [-0.1, -0.05) is 6.07 Å². The highest BCUT2D eigenvalue weighted by molar-refractivity contribution is 7.89. The van der Waals surface area contributed by atoms with E-state index in [0.29, 0.717) is 31.9 Å². The lowest BCUT2D eigenvalue weighted by Gasteiger charge is -2.26. The average molecular weight is 437 g/mol. The smallest absolute Gasteiger partial charge is 0.246 e. The highest BCUT2D eigenvalue weighted by Gasteiger charge is 2.29. The van der Waals surface area contributed by atoms with Crippen LogP contribution in [-0.2, 0) is 32.4 Å². The van der Waals surface area contributed by atoms with Gasteiger partial charge in [0.25, 0.3) is 0 Å². The first-order valence-corrected chi connectivity index (χ1v) is 11.4. The number of furan rings is 1. The summed E-state index contributed by atoms with van der Waals surface area (Å²) >= 11 is 0. The van der Waals surface area contributed by atoms with Gasteiger partial charge in [-0.25, -0.2) is 8.42 Å². The van der Waals surface area contributed by atoms with Crippen LogP contribution in [0.4, 0.5) is 0 Å². The second-order valence-electron chi connectivity index (χ2n) is 7.27. The summed E-state index contributed by atoms with van der Waals surface area (Å²) in [5, 5.41) is 2.95. The fourth-order valence-corrected chi connectivity index (χ4v) is 4.97. The van der Waals surface area contributed by atoms with Gasteiger partial charge in [0.15, 0.2) is 0 Å². The maximum Gasteiger partial charge on any atom is 0.246 e. The SMILES string of the molecule is COc1ccc(CC(=O)NC(C)CCc2ccco2)cc1S(=O)(=O)N1CCOCC1. The van der Waals surface area contributed by atoms with Crippen LogP contribution in [0.5, 0.6) is 5.75 Å². The van der Waals surface area contributed by atoms with E-state index < -0.39 is 10.0 Å². The molecule has 1 saturated heterocycles. The van der Waals surface area contributed by atoms with Crippen LogP contribution in [0.15, 0.2) is 45.9 Å². The fraction of sp³-hybridized carbons (Fsp3) is 0.476. The van der Waals surface area contributed by atoms with Crippen LogP contribution < -0.4 is 10.1 Å². The van der Waals surface area contributed by atoms with Gasteiger partial charge in [-0.2, -0.15) is 4.31 Å². The third kappa shape index (κ3) is 5.62. The normalized spacial score (nSPS) is 16.2. The van der Waals surface area contributed by atoms with E-state index in [1.807, 2.05) is 19.1 Å². The Labute approximate surface area is 177 Å². The third-order valence-electron chi connectivity index (χ3n) is 4.99. The van der Waals surface area contributed by atoms with Crippen molar-refractivity contribution in [2.45, 2.75) is 37.1 Å². The highest BCUT2D eigenvalue weighted by atomic mass is 32.2. The molecule has 30 heavy (non-hydrogen) atoms. The molecule has 1 aromatic heterocycles. The van der Waals surface area contributed by atoms with Crippen LogP contribution >= 0.6 is 0 Å². The predicted molar refractivity (Wildman–Crippen MR) is 111 cm³/mol. The number of carbonyl (C=O) groups is 1. The number of nitrogens with one attached hydrogen (secondary N) is 1. The first kappa shape index (κ1) is 22.3. The number of methoxy groups -OCH3 is 1. The van der Waals surface area contributed by atoms with Crippen LogP contribution in [-0.4, -0.2) is 58.1 Å². The number of nitrogens with zero attached hydrogens (tertiary/aromatic N) is 1. The van der Waals surface area contributed by atoms with E-state index in [1.165, 1.54) is 17.5 Å². The third-order valence-corrected chi connectivity index (χ3v) is 6.91. The molecule has 2 heterocycles. The van der Waals surface area contributed by atoms with Gasteiger partial charge in [0, 0.05) is 25.6 Å². The van der Waals surface area contributed by atoms with Crippen LogP contribution in [0.1, 0.15) is 24.7 Å². The van der Waals surface area contributed by atoms with E-state index in [-0.39, 0.29) is 29.0 Å². The zero-order valence-electron chi connectivity index (χ0n) is 17.3. The molecule has 1 N–H and O–H groups in total. The molecule has 1 aliphatic heterocycles. The molecule has 1 atom stereocenters. The number of benzene rings is 1. The van der Waals surface area contributed by atoms with Gasteiger partial charge >= 0.3 is 0 Å². The van der Waals surface area contributed by atoms with E-state index in [2.05, 4.69) is 5.32 Å². The summed E-state index contributed by atoms with van der Waals surface area (Å²) in [6.07, 6.45) is 3.20. The molecule has 0 radical (unpaired) electrons. The van der Waals surface area contributed by atoms with Crippen molar-refractivity contribution >= 4 is 15.9 Å². The van der Waals surface area contributed by atoms with Gasteiger partial charge in [-0.05, 0) is 43.2 Å². The van der Waals surface area contributed by atoms with Gasteiger partial charge in [0.05, 0.1) is 33.0 Å². The lowest BCUT2D eigenvalue weighted by atomic mass is 10.1. The molecular weight excluding hydrogens is 408 g/mol. The van der Waals surface area contributed by atoms with E-state index in [9.17, 15) is 13.2 Å².